The number of hydrogen-bond acceptors (Lipinski definition) is 6. The second-order valence-electron chi connectivity index (χ2n) is 5.12. The average molecular weight is 340 g/mol. The van der Waals surface area contributed by atoms with E-state index in [4.69, 9.17) is 16.7 Å². The minimum atomic E-state index is -1.00. The van der Waals surface area contributed by atoms with Gasteiger partial charge in [0.25, 0.3) is 0 Å². The highest BCUT2D eigenvalue weighted by Crippen LogP contribution is 2.35. The lowest BCUT2D eigenvalue weighted by Gasteiger charge is -2.29. The summed E-state index contributed by atoms with van der Waals surface area (Å²) in [4.78, 5) is 21.7. The van der Waals surface area contributed by atoms with Gasteiger partial charge < -0.3 is 15.1 Å². The number of carbonyl (C=O) groups is 1. The lowest BCUT2D eigenvalue weighted by molar-refractivity contribution is 0.0702. The molecule has 6 nitrogen and oxygen atoms in total. The minimum absolute atomic E-state index is 0.184. The van der Waals surface area contributed by atoms with E-state index in [1.54, 1.807) is 12.4 Å². The zero-order valence-corrected chi connectivity index (χ0v) is 13.1. The largest absolute Gasteiger partial charge is 0.477 e. The first-order valence-electron chi connectivity index (χ1n) is 6.82. The van der Waals surface area contributed by atoms with Crippen molar-refractivity contribution in [3.63, 3.8) is 0 Å². The number of aliphatic hydroxyl groups excluding tert-OH is 1. The molecule has 0 saturated carbocycles. The number of thiophene rings is 1. The van der Waals surface area contributed by atoms with Crippen LogP contribution in [0.4, 0.5) is 5.95 Å². The van der Waals surface area contributed by atoms with Crippen molar-refractivity contribution in [3.8, 4) is 11.1 Å². The second kappa shape index (κ2) is 6.20. The standard InChI is InChI=1S/C14H14ClN3O3S/c15-12-10(4-11(22-12)13(20)21)8-5-16-14(17-6-8)18-3-1-2-9(19)7-18/h4-6,9,19H,1-3,7H2,(H,20,21). The molecule has 8 heteroatoms. The van der Waals surface area contributed by atoms with Crippen LogP contribution in [0.1, 0.15) is 22.5 Å². The van der Waals surface area contributed by atoms with E-state index in [0.717, 1.165) is 30.7 Å². The van der Waals surface area contributed by atoms with Gasteiger partial charge in [-0.05, 0) is 18.9 Å². The minimum Gasteiger partial charge on any atom is -0.477 e. The fraction of sp³-hybridized carbons (Fsp3) is 0.357. The van der Waals surface area contributed by atoms with E-state index in [0.29, 0.717) is 28.0 Å². The monoisotopic (exact) mass is 339 g/mol. The Labute approximate surface area is 136 Å². The number of piperidine rings is 1. The molecule has 0 aliphatic carbocycles. The molecule has 0 bridgehead atoms. The van der Waals surface area contributed by atoms with Crippen LogP contribution < -0.4 is 4.90 Å². The summed E-state index contributed by atoms with van der Waals surface area (Å²) < 4.78 is 0.405. The van der Waals surface area contributed by atoms with E-state index < -0.39 is 5.97 Å². The number of rotatable bonds is 3. The third-order valence-corrected chi connectivity index (χ3v) is 4.87. The van der Waals surface area contributed by atoms with Crippen molar-refractivity contribution in [1.29, 1.82) is 0 Å². The summed E-state index contributed by atoms with van der Waals surface area (Å²) in [5, 5.41) is 18.7. The van der Waals surface area contributed by atoms with E-state index in [9.17, 15) is 9.90 Å². The van der Waals surface area contributed by atoms with Gasteiger partial charge in [0.15, 0.2) is 0 Å². The topological polar surface area (TPSA) is 86.5 Å². The van der Waals surface area contributed by atoms with Crippen LogP contribution in [0.25, 0.3) is 11.1 Å². The molecule has 2 aromatic heterocycles. The number of nitrogens with zero attached hydrogens (tertiary/aromatic N) is 3. The number of β-amino-alcohol motifs (C(OH)–C–C–N with tert-alkyl or cyclic N) is 1. The van der Waals surface area contributed by atoms with Crippen LogP contribution in [0, 0.1) is 0 Å². The Kier molecular flexibility index (Phi) is 4.28. The van der Waals surface area contributed by atoms with Gasteiger partial charge >= 0.3 is 5.97 Å². The van der Waals surface area contributed by atoms with Crippen molar-refractivity contribution in [2.45, 2.75) is 18.9 Å². The molecule has 116 valence electrons. The molecule has 0 spiro atoms. The SMILES string of the molecule is O=C(O)c1cc(-c2cnc(N3CCCC(O)C3)nc2)c(Cl)s1. The van der Waals surface area contributed by atoms with E-state index in [-0.39, 0.29) is 11.0 Å². The fourth-order valence-electron chi connectivity index (χ4n) is 2.43. The highest BCUT2D eigenvalue weighted by molar-refractivity contribution is 7.18. The number of aromatic carboxylic acids is 1. The first kappa shape index (κ1) is 15.2. The summed E-state index contributed by atoms with van der Waals surface area (Å²) >= 11 is 7.10. The molecule has 1 aliphatic heterocycles. The maximum atomic E-state index is 11.0. The molecule has 3 rings (SSSR count). The summed E-state index contributed by atoms with van der Waals surface area (Å²) in [6.45, 7) is 1.35. The van der Waals surface area contributed by atoms with Gasteiger partial charge in [0.05, 0.1) is 6.10 Å². The zero-order chi connectivity index (χ0) is 15.7. The highest BCUT2D eigenvalue weighted by Gasteiger charge is 2.20. The van der Waals surface area contributed by atoms with E-state index in [1.165, 1.54) is 6.07 Å². The number of hydrogen-bond donors (Lipinski definition) is 2. The maximum absolute atomic E-state index is 11.0. The zero-order valence-electron chi connectivity index (χ0n) is 11.6. The first-order chi connectivity index (χ1) is 10.5. The first-order valence-corrected chi connectivity index (χ1v) is 8.02. The predicted molar refractivity (Wildman–Crippen MR) is 84.8 cm³/mol. The summed E-state index contributed by atoms with van der Waals surface area (Å²) in [6.07, 6.45) is 4.62. The van der Waals surface area contributed by atoms with Crippen LogP contribution in [0.3, 0.4) is 0 Å². The van der Waals surface area contributed by atoms with Gasteiger partial charge in [-0.2, -0.15) is 0 Å². The van der Waals surface area contributed by atoms with Crippen LogP contribution in [0.15, 0.2) is 18.5 Å². The fourth-order valence-corrected chi connectivity index (χ4v) is 3.59. The van der Waals surface area contributed by atoms with E-state index in [1.807, 2.05) is 4.90 Å². The third kappa shape index (κ3) is 3.06. The van der Waals surface area contributed by atoms with Crippen molar-refractivity contribution in [3.05, 3.63) is 27.7 Å². The molecule has 2 aromatic rings. The van der Waals surface area contributed by atoms with Crippen molar-refractivity contribution >= 4 is 34.9 Å². The number of carboxylic acid groups (broad SMARTS) is 1. The van der Waals surface area contributed by atoms with Crippen LogP contribution in [-0.4, -0.2) is 45.3 Å². The Bertz CT molecular complexity index is 689. The molecule has 0 radical (unpaired) electrons. The molecule has 3 heterocycles. The van der Waals surface area contributed by atoms with Gasteiger partial charge in [0, 0.05) is 36.6 Å². The number of aromatic nitrogens is 2. The Morgan fingerprint density at radius 3 is 2.73 bits per heavy atom. The lowest BCUT2D eigenvalue weighted by Crippen LogP contribution is -2.39. The maximum Gasteiger partial charge on any atom is 0.345 e. The second-order valence-corrected chi connectivity index (χ2v) is 6.77. The molecule has 1 aliphatic rings. The number of anilines is 1. The van der Waals surface area contributed by atoms with Crippen LogP contribution in [0.2, 0.25) is 4.34 Å². The predicted octanol–water partition coefficient (Wildman–Crippen LogP) is 2.52. The van der Waals surface area contributed by atoms with E-state index >= 15 is 0 Å². The molecule has 1 unspecified atom stereocenters. The van der Waals surface area contributed by atoms with Gasteiger partial charge in [-0.15, -0.1) is 11.3 Å². The Balaban J connectivity index is 1.83. The normalized spacial score (nSPS) is 18.5. The third-order valence-electron chi connectivity index (χ3n) is 3.53. The van der Waals surface area contributed by atoms with Crippen LogP contribution >= 0.6 is 22.9 Å². The van der Waals surface area contributed by atoms with Gasteiger partial charge in [0.1, 0.15) is 9.21 Å². The molecule has 1 fully saturated rings. The van der Waals surface area contributed by atoms with E-state index in [2.05, 4.69) is 9.97 Å². The van der Waals surface area contributed by atoms with Crippen molar-refractivity contribution in [2.24, 2.45) is 0 Å². The average Bonchev–Trinajstić information content (AvgIpc) is 2.90. The number of aliphatic hydroxyl groups is 1. The molecule has 1 atom stereocenters. The molecule has 1 saturated heterocycles. The van der Waals surface area contributed by atoms with Crippen molar-refractivity contribution in [2.75, 3.05) is 18.0 Å². The quantitative estimate of drug-likeness (QED) is 0.893. The summed E-state index contributed by atoms with van der Waals surface area (Å²) in [5.74, 6) is -0.440. The summed E-state index contributed by atoms with van der Waals surface area (Å²) in [5.41, 5.74) is 1.30. The Hall–Kier alpha value is -1.70. The lowest BCUT2D eigenvalue weighted by atomic mass is 10.1. The Morgan fingerprint density at radius 1 is 1.41 bits per heavy atom. The van der Waals surface area contributed by atoms with Crippen LogP contribution in [0.5, 0.6) is 0 Å². The smallest absolute Gasteiger partial charge is 0.345 e. The highest BCUT2D eigenvalue weighted by atomic mass is 35.5. The number of halogens is 1. The van der Waals surface area contributed by atoms with Crippen molar-refractivity contribution < 1.29 is 15.0 Å². The van der Waals surface area contributed by atoms with Gasteiger partial charge in [-0.1, -0.05) is 11.6 Å². The van der Waals surface area contributed by atoms with Gasteiger partial charge in [0.2, 0.25) is 5.95 Å². The van der Waals surface area contributed by atoms with Crippen LogP contribution in [-0.2, 0) is 0 Å². The number of carboxylic acids is 1. The molecule has 2 N–H and O–H groups in total. The summed E-state index contributed by atoms with van der Waals surface area (Å²) in [7, 11) is 0. The molecule has 0 aromatic carbocycles. The Morgan fingerprint density at radius 2 is 2.14 bits per heavy atom. The summed E-state index contributed by atoms with van der Waals surface area (Å²) in [6, 6.07) is 1.53. The van der Waals surface area contributed by atoms with Gasteiger partial charge in [-0.25, -0.2) is 14.8 Å². The molecular formula is C14H14ClN3O3S. The molecule has 0 amide bonds. The molecule has 22 heavy (non-hydrogen) atoms. The molecular weight excluding hydrogens is 326 g/mol. The van der Waals surface area contributed by atoms with Gasteiger partial charge in [-0.3, -0.25) is 0 Å². The van der Waals surface area contributed by atoms with Crippen molar-refractivity contribution in [1.82, 2.24) is 9.97 Å².